The number of rotatable bonds is 4. The van der Waals surface area contributed by atoms with Crippen LogP contribution in [0.2, 0.25) is 0 Å². The van der Waals surface area contributed by atoms with E-state index in [-0.39, 0.29) is 0 Å². The summed E-state index contributed by atoms with van der Waals surface area (Å²) in [5, 5.41) is 1.06. The second kappa shape index (κ2) is 5.31. The van der Waals surface area contributed by atoms with Crippen LogP contribution < -0.4 is 9.64 Å². The minimum atomic E-state index is 0.521. The molecule has 0 unspecified atom stereocenters. The van der Waals surface area contributed by atoms with E-state index in [1.165, 1.54) is 12.8 Å². The molecule has 98 valence electrons. The molecule has 0 amide bonds. The molecule has 1 fully saturated rings. The molecule has 2 aromatic rings. The molecule has 1 aromatic carbocycles. The second-order valence-electron chi connectivity index (χ2n) is 4.79. The lowest BCUT2D eigenvalue weighted by Gasteiger charge is -2.17. The first-order valence-corrected chi connectivity index (χ1v) is 6.77. The van der Waals surface area contributed by atoms with Crippen LogP contribution in [0, 0.1) is 0 Å². The van der Waals surface area contributed by atoms with Crippen molar-refractivity contribution in [3.63, 3.8) is 0 Å². The summed E-state index contributed by atoms with van der Waals surface area (Å²) in [4.78, 5) is 7.09. The fourth-order valence-corrected chi connectivity index (χ4v) is 2.51. The molecule has 0 radical (unpaired) electrons. The van der Waals surface area contributed by atoms with Gasteiger partial charge in [0.1, 0.15) is 18.2 Å². The molecule has 3 heteroatoms. The molecule has 0 N–H and O–H groups in total. The zero-order valence-electron chi connectivity index (χ0n) is 11.0. The van der Waals surface area contributed by atoms with Crippen molar-refractivity contribution < 1.29 is 4.74 Å². The van der Waals surface area contributed by atoms with Crippen molar-refractivity contribution in [2.24, 2.45) is 0 Å². The van der Waals surface area contributed by atoms with Crippen LogP contribution in [0.5, 0.6) is 5.75 Å². The van der Waals surface area contributed by atoms with Gasteiger partial charge in [-0.3, -0.25) is 0 Å². The fourth-order valence-electron chi connectivity index (χ4n) is 2.51. The Kier molecular flexibility index (Phi) is 3.36. The lowest BCUT2D eigenvalue weighted by molar-refractivity contribution is 0.367. The van der Waals surface area contributed by atoms with Gasteiger partial charge in [-0.15, -0.1) is 0 Å². The van der Waals surface area contributed by atoms with Gasteiger partial charge in [0.15, 0.2) is 0 Å². The number of hydrogen-bond donors (Lipinski definition) is 0. The average molecular weight is 254 g/mol. The van der Waals surface area contributed by atoms with E-state index in [9.17, 15) is 0 Å². The van der Waals surface area contributed by atoms with Crippen molar-refractivity contribution >= 4 is 16.7 Å². The van der Waals surface area contributed by atoms with E-state index in [4.69, 9.17) is 9.72 Å². The minimum absolute atomic E-state index is 0.521. The van der Waals surface area contributed by atoms with Crippen molar-refractivity contribution in [1.29, 1.82) is 0 Å². The highest BCUT2D eigenvalue weighted by molar-refractivity contribution is 5.86. The predicted octanol–water partition coefficient (Wildman–Crippen LogP) is 3.40. The molecular formula is C16H18N2O. The minimum Gasteiger partial charge on any atom is -0.489 e. The van der Waals surface area contributed by atoms with Gasteiger partial charge in [0, 0.05) is 18.5 Å². The fraction of sp³-hybridized carbons (Fsp3) is 0.312. The van der Waals surface area contributed by atoms with E-state index in [0.29, 0.717) is 6.61 Å². The van der Waals surface area contributed by atoms with E-state index >= 15 is 0 Å². The molecule has 0 bridgehead atoms. The number of nitrogens with zero attached hydrogens (tertiary/aromatic N) is 2. The molecule has 0 atom stereocenters. The average Bonchev–Trinajstić information content (AvgIpc) is 2.98. The highest BCUT2D eigenvalue weighted by atomic mass is 16.5. The Balaban J connectivity index is 1.97. The van der Waals surface area contributed by atoms with E-state index in [1.807, 2.05) is 18.2 Å². The topological polar surface area (TPSA) is 25.4 Å². The van der Waals surface area contributed by atoms with Gasteiger partial charge in [0.25, 0.3) is 0 Å². The number of hydrogen-bond acceptors (Lipinski definition) is 3. The molecule has 1 aromatic heterocycles. The van der Waals surface area contributed by atoms with Crippen LogP contribution >= 0.6 is 0 Å². The molecule has 19 heavy (non-hydrogen) atoms. The summed E-state index contributed by atoms with van der Waals surface area (Å²) in [5.41, 5.74) is 0.992. The van der Waals surface area contributed by atoms with Crippen LogP contribution in [-0.2, 0) is 0 Å². The van der Waals surface area contributed by atoms with Crippen molar-refractivity contribution in [1.82, 2.24) is 4.98 Å². The van der Waals surface area contributed by atoms with E-state index < -0.39 is 0 Å². The zero-order chi connectivity index (χ0) is 13.1. The van der Waals surface area contributed by atoms with Gasteiger partial charge in [-0.25, -0.2) is 4.98 Å². The summed E-state index contributed by atoms with van der Waals surface area (Å²) in [6.45, 7) is 6.43. The standard InChI is InChI=1S/C16H18N2O/c1-2-12-19-15-7-5-6-14-13(15)8-9-16(17-14)18-10-3-4-11-18/h2,5-9H,1,3-4,10-12H2. The number of aromatic nitrogens is 1. The van der Waals surface area contributed by atoms with Gasteiger partial charge >= 0.3 is 0 Å². The quantitative estimate of drug-likeness (QED) is 0.782. The Bertz CT molecular complexity index is 588. The Hall–Kier alpha value is -2.03. The van der Waals surface area contributed by atoms with E-state index in [2.05, 4.69) is 23.6 Å². The molecule has 0 saturated carbocycles. The van der Waals surface area contributed by atoms with Crippen LogP contribution in [-0.4, -0.2) is 24.7 Å². The van der Waals surface area contributed by atoms with Gasteiger partial charge in [-0.05, 0) is 37.1 Å². The number of fused-ring (bicyclic) bond motifs is 1. The molecular weight excluding hydrogens is 236 g/mol. The predicted molar refractivity (Wildman–Crippen MR) is 78.9 cm³/mol. The Labute approximate surface area is 113 Å². The molecule has 0 spiro atoms. The maximum absolute atomic E-state index is 5.66. The van der Waals surface area contributed by atoms with Crippen LogP contribution in [0.3, 0.4) is 0 Å². The molecule has 2 heterocycles. The smallest absolute Gasteiger partial charge is 0.129 e. The monoisotopic (exact) mass is 254 g/mol. The van der Waals surface area contributed by atoms with E-state index in [0.717, 1.165) is 35.6 Å². The lowest BCUT2D eigenvalue weighted by Crippen LogP contribution is -2.18. The van der Waals surface area contributed by atoms with Crippen molar-refractivity contribution in [3.8, 4) is 5.75 Å². The van der Waals surface area contributed by atoms with Gasteiger partial charge in [-0.2, -0.15) is 0 Å². The van der Waals surface area contributed by atoms with Crippen LogP contribution in [0.1, 0.15) is 12.8 Å². The normalized spacial score (nSPS) is 14.8. The molecule has 3 nitrogen and oxygen atoms in total. The first kappa shape index (κ1) is 12.0. The zero-order valence-corrected chi connectivity index (χ0v) is 11.0. The number of anilines is 1. The van der Waals surface area contributed by atoms with Gasteiger partial charge < -0.3 is 9.64 Å². The third-order valence-corrected chi connectivity index (χ3v) is 3.46. The van der Waals surface area contributed by atoms with Gasteiger partial charge in [0.2, 0.25) is 0 Å². The van der Waals surface area contributed by atoms with Crippen molar-refractivity contribution in [2.45, 2.75) is 12.8 Å². The van der Waals surface area contributed by atoms with Crippen molar-refractivity contribution in [2.75, 3.05) is 24.6 Å². The lowest BCUT2D eigenvalue weighted by atomic mass is 10.2. The first-order chi connectivity index (χ1) is 9.38. The van der Waals surface area contributed by atoms with Crippen LogP contribution in [0.25, 0.3) is 10.9 Å². The third kappa shape index (κ3) is 2.41. The van der Waals surface area contributed by atoms with E-state index in [1.54, 1.807) is 6.08 Å². The van der Waals surface area contributed by atoms with Gasteiger partial charge in [0.05, 0.1) is 5.52 Å². The Morgan fingerprint density at radius 1 is 1.21 bits per heavy atom. The van der Waals surface area contributed by atoms with Crippen molar-refractivity contribution in [3.05, 3.63) is 43.0 Å². The molecule has 1 aliphatic rings. The van der Waals surface area contributed by atoms with Gasteiger partial charge in [-0.1, -0.05) is 18.7 Å². The number of ether oxygens (including phenoxy) is 1. The second-order valence-corrected chi connectivity index (χ2v) is 4.79. The molecule has 1 aliphatic heterocycles. The number of benzene rings is 1. The summed E-state index contributed by atoms with van der Waals surface area (Å²) >= 11 is 0. The summed E-state index contributed by atoms with van der Waals surface area (Å²) < 4.78 is 5.66. The highest BCUT2D eigenvalue weighted by Gasteiger charge is 2.14. The molecule has 1 saturated heterocycles. The summed E-state index contributed by atoms with van der Waals surface area (Å²) in [6, 6.07) is 10.2. The largest absolute Gasteiger partial charge is 0.489 e. The maximum Gasteiger partial charge on any atom is 0.129 e. The summed E-state index contributed by atoms with van der Waals surface area (Å²) in [5.74, 6) is 1.95. The SMILES string of the molecule is C=CCOc1cccc2nc(N3CCCC3)ccc12. The summed E-state index contributed by atoms with van der Waals surface area (Å²) in [7, 11) is 0. The Morgan fingerprint density at radius 3 is 2.84 bits per heavy atom. The highest BCUT2D eigenvalue weighted by Crippen LogP contribution is 2.27. The van der Waals surface area contributed by atoms with Crippen LogP contribution in [0.4, 0.5) is 5.82 Å². The molecule has 3 rings (SSSR count). The Morgan fingerprint density at radius 2 is 2.05 bits per heavy atom. The van der Waals surface area contributed by atoms with Crippen LogP contribution in [0.15, 0.2) is 43.0 Å². The third-order valence-electron chi connectivity index (χ3n) is 3.46. The summed E-state index contributed by atoms with van der Waals surface area (Å²) in [6.07, 6.45) is 4.29. The molecule has 0 aliphatic carbocycles. The first-order valence-electron chi connectivity index (χ1n) is 6.77. The maximum atomic E-state index is 5.66. The number of pyridine rings is 1.